The Morgan fingerprint density at radius 2 is 1.28 bits per heavy atom. The first-order valence-electron chi connectivity index (χ1n) is 19.0. The smallest absolute Gasteiger partial charge is 0.140 e. The third-order valence-electron chi connectivity index (χ3n) is 10.3. The van der Waals surface area contributed by atoms with E-state index in [0.717, 1.165) is 50.3 Å². The maximum atomic E-state index is 6.42. The number of hydrogen-bond acceptors (Lipinski definition) is 3. The van der Waals surface area contributed by atoms with Crippen LogP contribution in [-0.4, -0.2) is 15.3 Å². The van der Waals surface area contributed by atoms with Crippen molar-refractivity contribution in [2.75, 3.05) is 0 Å². The summed E-state index contributed by atoms with van der Waals surface area (Å²) < 4.78 is 8.63. The molecule has 8 rings (SSSR count). The standard InChI is InChI=1S/C27H25N2O.C22H24N.Ir/c1-17(2)21-16-22(18(3)4)26-24(20-12-8-9-13-23(20)30-26)25(21)29-15-14-28-27(29)19-10-6-5-7-11-19;1-15(2)18-11-8-12-19(16(3)4)21(18)20-13-14-23-22(20)17-9-6-5-7-10-17;/h5-10,12-18H,1-4H3;5-9,11-16,20H,1-4H3;/q2*-1;. The van der Waals surface area contributed by atoms with E-state index in [-0.39, 0.29) is 26.0 Å². The summed E-state index contributed by atoms with van der Waals surface area (Å²) in [6.45, 7) is 18.0. The number of furan rings is 1. The number of para-hydroxylation sites is 1. The molecule has 1 aliphatic heterocycles. The quantitative estimate of drug-likeness (QED) is 0.143. The van der Waals surface area contributed by atoms with Gasteiger partial charge in [0.25, 0.3) is 0 Å². The van der Waals surface area contributed by atoms with Gasteiger partial charge in [-0.15, -0.1) is 71.8 Å². The van der Waals surface area contributed by atoms with Crippen LogP contribution in [-0.2, 0) is 20.1 Å². The van der Waals surface area contributed by atoms with Crippen molar-refractivity contribution in [2.45, 2.75) is 85.0 Å². The molecule has 7 aromatic rings. The Hall–Kier alpha value is -4.83. The van der Waals surface area contributed by atoms with E-state index in [1.165, 1.54) is 27.8 Å². The van der Waals surface area contributed by atoms with Crippen LogP contribution in [0.15, 0.2) is 131 Å². The average Bonchev–Trinajstić information content (AvgIpc) is 3.94. The molecule has 0 saturated carbocycles. The Morgan fingerprint density at radius 3 is 1.89 bits per heavy atom. The van der Waals surface area contributed by atoms with Gasteiger partial charge in [-0.25, -0.2) is 0 Å². The van der Waals surface area contributed by atoms with Crippen LogP contribution in [0.2, 0.25) is 0 Å². The summed E-state index contributed by atoms with van der Waals surface area (Å²) in [5, 5.41) is 2.30. The van der Waals surface area contributed by atoms with E-state index >= 15 is 0 Å². The second-order valence-electron chi connectivity index (χ2n) is 15.2. The first kappa shape index (κ1) is 38.9. The molecular formula is C49H49IrN3O-2. The van der Waals surface area contributed by atoms with Crippen molar-refractivity contribution < 1.29 is 24.5 Å². The second kappa shape index (κ2) is 16.7. The van der Waals surface area contributed by atoms with Gasteiger partial charge in [0, 0.05) is 50.0 Å². The van der Waals surface area contributed by atoms with Gasteiger partial charge in [-0.3, -0.25) is 4.98 Å². The number of rotatable bonds is 8. The minimum atomic E-state index is 0. The van der Waals surface area contributed by atoms with Crippen molar-refractivity contribution in [1.29, 1.82) is 0 Å². The molecule has 4 nitrogen and oxygen atoms in total. The molecule has 277 valence electrons. The van der Waals surface area contributed by atoms with Crippen molar-refractivity contribution in [1.82, 2.24) is 9.55 Å². The largest absolute Gasteiger partial charge is 0.456 e. The van der Waals surface area contributed by atoms with Crippen LogP contribution < -0.4 is 0 Å². The predicted molar refractivity (Wildman–Crippen MR) is 222 cm³/mol. The number of benzene rings is 5. The fourth-order valence-corrected chi connectivity index (χ4v) is 7.64. The fraction of sp³-hybridized carbons (Fsp3) is 0.265. The van der Waals surface area contributed by atoms with Gasteiger partial charge >= 0.3 is 0 Å². The Labute approximate surface area is 334 Å². The third kappa shape index (κ3) is 7.45. The predicted octanol–water partition coefficient (Wildman–Crippen LogP) is 13.3. The number of nitrogens with zero attached hydrogens (tertiary/aromatic N) is 3. The Bertz CT molecular complexity index is 2390. The van der Waals surface area contributed by atoms with E-state index in [9.17, 15) is 0 Å². The van der Waals surface area contributed by atoms with Gasteiger partial charge in [0.15, 0.2) is 0 Å². The molecule has 2 aromatic heterocycles. The number of imidazole rings is 1. The van der Waals surface area contributed by atoms with E-state index in [1.54, 1.807) is 0 Å². The van der Waals surface area contributed by atoms with Crippen LogP contribution >= 0.6 is 0 Å². The maximum Gasteiger partial charge on any atom is 0.140 e. The van der Waals surface area contributed by atoms with Gasteiger partial charge in [-0.05, 0) is 69.3 Å². The van der Waals surface area contributed by atoms with Gasteiger partial charge in [0.1, 0.15) is 11.2 Å². The molecular weight excluding hydrogens is 839 g/mol. The molecule has 0 bridgehead atoms. The molecule has 3 heterocycles. The zero-order chi connectivity index (χ0) is 37.2. The summed E-state index contributed by atoms with van der Waals surface area (Å²) in [5.74, 6) is 2.83. The van der Waals surface area contributed by atoms with Gasteiger partial charge in [-0.1, -0.05) is 97.9 Å². The van der Waals surface area contributed by atoms with Gasteiger partial charge in [0.2, 0.25) is 0 Å². The third-order valence-corrected chi connectivity index (χ3v) is 10.3. The van der Waals surface area contributed by atoms with Crippen molar-refractivity contribution in [3.8, 4) is 17.1 Å². The maximum absolute atomic E-state index is 6.42. The zero-order valence-corrected chi connectivity index (χ0v) is 34.9. The van der Waals surface area contributed by atoms with Crippen molar-refractivity contribution >= 4 is 27.7 Å². The minimum Gasteiger partial charge on any atom is -0.456 e. The molecule has 0 amide bonds. The summed E-state index contributed by atoms with van der Waals surface area (Å²) in [4.78, 5) is 9.36. The van der Waals surface area contributed by atoms with E-state index in [4.69, 9.17) is 9.40 Å². The molecule has 0 aliphatic carbocycles. The van der Waals surface area contributed by atoms with Crippen LogP contribution in [0.3, 0.4) is 0 Å². The molecule has 1 unspecified atom stereocenters. The van der Waals surface area contributed by atoms with E-state index < -0.39 is 0 Å². The molecule has 0 fully saturated rings. The average molecular weight is 888 g/mol. The van der Waals surface area contributed by atoms with Crippen molar-refractivity contribution in [3.63, 3.8) is 0 Å². The van der Waals surface area contributed by atoms with Gasteiger partial charge in [-0.2, -0.15) is 0 Å². The first-order chi connectivity index (χ1) is 25.7. The molecule has 0 spiro atoms. The molecule has 1 radical (unpaired) electrons. The summed E-state index contributed by atoms with van der Waals surface area (Å²) in [6, 6.07) is 40.2. The first-order valence-corrected chi connectivity index (χ1v) is 19.0. The Balaban J connectivity index is 0.000000187. The van der Waals surface area contributed by atoms with E-state index in [2.05, 4.69) is 144 Å². The fourth-order valence-electron chi connectivity index (χ4n) is 7.64. The van der Waals surface area contributed by atoms with Crippen LogP contribution in [0.1, 0.15) is 118 Å². The SMILES string of the molecule is CC(C)c1cc(C(C)C)c2oc3ccccc3c2c1-n1ccnc1-c1[c-]cccc1.CC(C)c1cccc(C(C)C)c1C1C=CN=C1c1[c-]cccc1.[Ir]. The Morgan fingerprint density at radius 1 is 0.667 bits per heavy atom. The number of aromatic nitrogens is 2. The summed E-state index contributed by atoms with van der Waals surface area (Å²) in [5.41, 5.74) is 13.1. The van der Waals surface area contributed by atoms with Crippen LogP contribution in [0.5, 0.6) is 0 Å². The van der Waals surface area contributed by atoms with Crippen LogP contribution in [0, 0.1) is 12.1 Å². The minimum absolute atomic E-state index is 0. The second-order valence-corrected chi connectivity index (χ2v) is 15.2. The molecule has 1 aliphatic rings. The molecule has 5 heteroatoms. The summed E-state index contributed by atoms with van der Waals surface area (Å²) >= 11 is 0. The number of aliphatic imine (C=N–C) groups is 1. The monoisotopic (exact) mass is 888 g/mol. The van der Waals surface area contributed by atoms with Crippen molar-refractivity contribution in [2.24, 2.45) is 4.99 Å². The number of fused-ring (bicyclic) bond motifs is 3. The Kier molecular flexibility index (Phi) is 12.0. The van der Waals surface area contributed by atoms with Crippen LogP contribution in [0.25, 0.3) is 39.0 Å². The number of allylic oxidation sites excluding steroid dienone is 1. The van der Waals surface area contributed by atoms with Crippen molar-refractivity contribution in [3.05, 3.63) is 167 Å². The van der Waals surface area contributed by atoms with E-state index in [0.29, 0.717) is 23.7 Å². The molecule has 0 saturated heterocycles. The molecule has 1 atom stereocenters. The summed E-state index contributed by atoms with van der Waals surface area (Å²) in [6.07, 6.45) is 8.09. The normalized spacial score (nSPS) is 13.9. The molecule has 0 N–H and O–H groups in total. The van der Waals surface area contributed by atoms with Gasteiger partial charge < -0.3 is 14.0 Å². The zero-order valence-electron chi connectivity index (χ0n) is 32.5. The molecule has 5 aromatic carbocycles. The van der Waals surface area contributed by atoms with E-state index in [1.807, 2.05) is 55.0 Å². The van der Waals surface area contributed by atoms with Gasteiger partial charge in [0.05, 0.1) is 16.9 Å². The topological polar surface area (TPSA) is 43.3 Å². The summed E-state index contributed by atoms with van der Waals surface area (Å²) in [7, 11) is 0. The van der Waals surface area contributed by atoms with Crippen LogP contribution in [0.4, 0.5) is 0 Å². The molecule has 54 heavy (non-hydrogen) atoms. The number of hydrogen-bond donors (Lipinski definition) is 0.